The van der Waals surface area contributed by atoms with Gasteiger partial charge in [-0.3, -0.25) is 14.6 Å². The number of carbonyl (C=O) groups excluding carboxylic acids is 2. The molecule has 0 radical (unpaired) electrons. The number of hydrogen-bond donors (Lipinski definition) is 1. The smallest absolute Gasteiger partial charge is 0.265 e. The van der Waals surface area contributed by atoms with E-state index in [0.717, 1.165) is 5.69 Å². The Morgan fingerprint density at radius 1 is 1.22 bits per heavy atom. The fourth-order valence-electron chi connectivity index (χ4n) is 2.39. The van der Waals surface area contributed by atoms with Gasteiger partial charge in [-0.25, -0.2) is 0 Å². The third-order valence-electron chi connectivity index (χ3n) is 3.56. The number of ether oxygens (including phenoxy) is 1. The van der Waals surface area contributed by atoms with Gasteiger partial charge >= 0.3 is 0 Å². The number of nitrogens with one attached hydrogen (secondary N) is 1. The molecule has 1 aromatic carbocycles. The molecule has 1 aliphatic rings. The summed E-state index contributed by atoms with van der Waals surface area (Å²) in [6.07, 6.45) is 1.91. The molecule has 0 atom stereocenters. The lowest BCUT2D eigenvalue weighted by Gasteiger charge is -2.29. The van der Waals surface area contributed by atoms with Crippen LogP contribution in [0.25, 0.3) is 0 Å². The summed E-state index contributed by atoms with van der Waals surface area (Å²) in [5.74, 6) is 0.412. The van der Waals surface area contributed by atoms with E-state index in [4.69, 9.17) is 4.74 Å². The van der Waals surface area contributed by atoms with Crippen LogP contribution in [0.2, 0.25) is 0 Å². The van der Waals surface area contributed by atoms with Crippen molar-refractivity contribution >= 4 is 17.5 Å². The first-order valence-electron chi connectivity index (χ1n) is 7.43. The Kier molecular flexibility index (Phi) is 4.52. The number of aromatic nitrogens is 1. The normalized spacial score (nSPS) is 13.2. The van der Waals surface area contributed by atoms with Crippen molar-refractivity contribution in [2.75, 3.05) is 18.1 Å². The predicted molar refractivity (Wildman–Crippen MR) is 85.0 cm³/mol. The monoisotopic (exact) mass is 311 g/mol. The number of rotatable bonds is 5. The van der Waals surface area contributed by atoms with Crippen molar-refractivity contribution in [1.82, 2.24) is 10.3 Å². The molecule has 2 amide bonds. The van der Waals surface area contributed by atoms with Crippen molar-refractivity contribution in [3.63, 3.8) is 0 Å². The molecule has 6 heteroatoms. The highest BCUT2D eigenvalue weighted by Crippen LogP contribution is 2.31. The van der Waals surface area contributed by atoms with Crippen LogP contribution >= 0.6 is 0 Å². The molecule has 1 N–H and O–H groups in total. The number of para-hydroxylation sites is 2. The summed E-state index contributed by atoms with van der Waals surface area (Å²) in [5, 5.41) is 2.81. The van der Waals surface area contributed by atoms with Gasteiger partial charge in [0.1, 0.15) is 5.75 Å². The molecule has 2 aromatic rings. The SMILES string of the molecule is O=C(CCN1C(=O)COc2ccccc21)NCc1ccccn1. The summed E-state index contributed by atoms with van der Waals surface area (Å²) in [6, 6.07) is 12.9. The summed E-state index contributed by atoms with van der Waals surface area (Å²) in [7, 11) is 0. The second-order valence-electron chi connectivity index (χ2n) is 5.15. The number of nitrogens with zero attached hydrogens (tertiary/aromatic N) is 2. The van der Waals surface area contributed by atoms with Gasteiger partial charge in [0.2, 0.25) is 5.91 Å². The van der Waals surface area contributed by atoms with Gasteiger partial charge in [-0.1, -0.05) is 18.2 Å². The van der Waals surface area contributed by atoms with E-state index in [-0.39, 0.29) is 24.8 Å². The molecule has 23 heavy (non-hydrogen) atoms. The number of carbonyl (C=O) groups is 2. The van der Waals surface area contributed by atoms with Crippen molar-refractivity contribution in [3.05, 3.63) is 54.4 Å². The molecule has 0 aliphatic carbocycles. The van der Waals surface area contributed by atoms with Crippen LogP contribution in [0.3, 0.4) is 0 Å². The van der Waals surface area contributed by atoms with Gasteiger partial charge in [0.25, 0.3) is 5.91 Å². The second-order valence-corrected chi connectivity index (χ2v) is 5.15. The summed E-state index contributed by atoms with van der Waals surface area (Å²) in [6.45, 7) is 0.715. The maximum absolute atomic E-state index is 12.0. The van der Waals surface area contributed by atoms with Crippen molar-refractivity contribution < 1.29 is 14.3 Å². The van der Waals surface area contributed by atoms with Crippen LogP contribution in [0.5, 0.6) is 5.75 Å². The molecule has 118 valence electrons. The fraction of sp³-hybridized carbons (Fsp3) is 0.235. The molecule has 1 aromatic heterocycles. The Bertz CT molecular complexity index is 703. The number of anilines is 1. The lowest BCUT2D eigenvalue weighted by molar-refractivity contribution is -0.122. The number of amides is 2. The fourth-order valence-corrected chi connectivity index (χ4v) is 2.39. The van der Waals surface area contributed by atoms with Crippen LogP contribution in [0.1, 0.15) is 12.1 Å². The summed E-state index contributed by atoms with van der Waals surface area (Å²) in [5.41, 5.74) is 1.51. The summed E-state index contributed by atoms with van der Waals surface area (Å²) >= 11 is 0. The molecule has 1 aliphatic heterocycles. The third kappa shape index (κ3) is 3.66. The molecule has 0 saturated heterocycles. The van der Waals surface area contributed by atoms with Gasteiger partial charge in [-0.15, -0.1) is 0 Å². The molecule has 0 fully saturated rings. The van der Waals surface area contributed by atoms with E-state index in [0.29, 0.717) is 24.5 Å². The van der Waals surface area contributed by atoms with Gasteiger partial charge < -0.3 is 15.0 Å². The van der Waals surface area contributed by atoms with Crippen molar-refractivity contribution in [2.24, 2.45) is 0 Å². The lowest BCUT2D eigenvalue weighted by Crippen LogP contribution is -2.41. The van der Waals surface area contributed by atoms with Crippen molar-refractivity contribution in [1.29, 1.82) is 0 Å². The van der Waals surface area contributed by atoms with Crippen LogP contribution in [0.15, 0.2) is 48.7 Å². The van der Waals surface area contributed by atoms with Crippen LogP contribution in [-0.2, 0) is 16.1 Å². The van der Waals surface area contributed by atoms with Crippen LogP contribution in [0.4, 0.5) is 5.69 Å². The highest BCUT2D eigenvalue weighted by Gasteiger charge is 2.25. The number of pyridine rings is 1. The van der Waals surface area contributed by atoms with E-state index >= 15 is 0 Å². The average molecular weight is 311 g/mol. The third-order valence-corrected chi connectivity index (χ3v) is 3.56. The number of benzene rings is 1. The van der Waals surface area contributed by atoms with E-state index in [1.807, 2.05) is 42.5 Å². The molecule has 3 rings (SSSR count). The highest BCUT2D eigenvalue weighted by molar-refractivity contribution is 5.98. The van der Waals surface area contributed by atoms with E-state index < -0.39 is 0 Å². The summed E-state index contributed by atoms with van der Waals surface area (Å²) in [4.78, 5) is 29.7. The Morgan fingerprint density at radius 2 is 2.04 bits per heavy atom. The zero-order valence-electron chi connectivity index (χ0n) is 12.6. The predicted octanol–water partition coefficient (Wildman–Crippen LogP) is 1.51. The van der Waals surface area contributed by atoms with Crippen LogP contribution in [0, 0.1) is 0 Å². The molecular formula is C17H17N3O3. The Hall–Kier alpha value is -2.89. The van der Waals surface area contributed by atoms with Gasteiger partial charge in [0, 0.05) is 19.2 Å². The minimum absolute atomic E-state index is 0.00652. The first kappa shape index (κ1) is 15.0. The quantitative estimate of drug-likeness (QED) is 0.908. The van der Waals surface area contributed by atoms with Crippen molar-refractivity contribution in [2.45, 2.75) is 13.0 Å². The maximum atomic E-state index is 12.0. The Morgan fingerprint density at radius 3 is 2.87 bits per heavy atom. The van der Waals surface area contributed by atoms with Gasteiger partial charge in [0.15, 0.2) is 6.61 Å². The minimum atomic E-state index is -0.138. The average Bonchev–Trinajstić information content (AvgIpc) is 2.60. The first-order valence-corrected chi connectivity index (χ1v) is 7.43. The molecule has 6 nitrogen and oxygen atoms in total. The summed E-state index contributed by atoms with van der Waals surface area (Å²) < 4.78 is 5.38. The van der Waals surface area contributed by atoms with E-state index in [1.54, 1.807) is 11.1 Å². The van der Waals surface area contributed by atoms with E-state index in [9.17, 15) is 9.59 Å². The topological polar surface area (TPSA) is 71.5 Å². The Labute approximate surface area is 134 Å². The molecule has 0 saturated carbocycles. The van der Waals surface area contributed by atoms with Gasteiger partial charge in [-0.05, 0) is 24.3 Å². The molecule has 0 spiro atoms. The Balaban J connectivity index is 1.55. The first-order chi connectivity index (χ1) is 11.2. The molecule has 2 heterocycles. The maximum Gasteiger partial charge on any atom is 0.265 e. The van der Waals surface area contributed by atoms with Gasteiger partial charge in [-0.2, -0.15) is 0 Å². The van der Waals surface area contributed by atoms with Crippen LogP contribution in [-0.4, -0.2) is 29.9 Å². The standard InChI is InChI=1S/C17H17N3O3/c21-16(19-11-13-5-3-4-9-18-13)8-10-20-14-6-1-2-7-15(14)23-12-17(20)22/h1-7,9H,8,10-12H2,(H,19,21). The largest absolute Gasteiger partial charge is 0.482 e. The minimum Gasteiger partial charge on any atom is -0.482 e. The number of fused-ring (bicyclic) bond motifs is 1. The van der Waals surface area contributed by atoms with E-state index in [2.05, 4.69) is 10.3 Å². The van der Waals surface area contributed by atoms with Crippen molar-refractivity contribution in [3.8, 4) is 5.75 Å². The zero-order chi connectivity index (χ0) is 16.1. The van der Waals surface area contributed by atoms with Gasteiger partial charge in [0.05, 0.1) is 17.9 Å². The zero-order valence-corrected chi connectivity index (χ0v) is 12.6. The lowest BCUT2D eigenvalue weighted by atomic mass is 10.2. The van der Waals surface area contributed by atoms with Crippen LogP contribution < -0.4 is 15.0 Å². The second kappa shape index (κ2) is 6.91. The molecule has 0 unspecified atom stereocenters. The molecular weight excluding hydrogens is 294 g/mol. The number of hydrogen-bond acceptors (Lipinski definition) is 4. The van der Waals surface area contributed by atoms with E-state index in [1.165, 1.54) is 0 Å². The highest BCUT2D eigenvalue weighted by atomic mass is 16.5. The molecule has 0 bridgehead atoms.